The second-order valence-corrected chi connectivity index (χ2v) is 11.3. The highest BCUT2D eigenvalue weighted by molar-refractivity contribution is 5.93. The van der Waals surface area contributed by atoms with Gasteiger partial charge in [-0.1, -0.05) is 45.0 Å². The van der Waals surface area contributed by atoms with E-state index >= 15 is 0 Å². The average Bonchev–Trinajstić information content (AvgIpc) is 2.83. The summed E-state index contributed by atoms with van der Waals surface area (Å²) in [5, 5.41) is 4.57. The number of nitrogens with one attached hydrogen (secondary N) is 1. The molecule has 192 valence electrons. The highest BCUT2D eigenvalue weighted by atomic mass is 16.5. The molecule has 5 rings (SSSR count). The van der Waals surface area contributed by atoms with Gasteiger partial charge >= 0.3 is 0 Å². The summed E-state index contributed by atoms with van der Waals surface area (Å²) >= 11 is 0. The first-order valence-corrected chi connectivity index (χ1v) is 13.1. The van der Waals surface area contributed by atoms with Crippen molar-refractivity contribution in [1.82, 2.24) is 19.9 Å². The van der Waals surface area contributed by atoms with E-state index in [1.807, 2.05) is 25.1 Å². The molecule has 0 aliphatic carbocycles. The molecule has 0 unspecified atom stereocenters. The molecule has 0 amide bonds. The molecular formula is C31H37N5O. The maximum atomic E-state index is 5.93. The van der Waals surface area contributed by atoms with Crippen molar-refractivity contribution in [2.24, 2.45) is 0 Å². The number of hydrogen-bond acceptors (Lipinski definition) is 6. The fourth-order valence-corrected chi connectivity index (χ4v) is 5.01. The zero-order valence-electron chi connectivity index (χ0n) is 22.7. The van der Waals surface area contributed by atoms with E-state index in [1.165, 1.54) is 5.56 Å². The van der Waals surface area contributed by atoms with Gasteiger partial charge in [-0.2, -0.15) is 0 Å². The monoisotopic (exact) mass is 495 g/mol. The second-order valence-electron chi connectivity index (χ2n) is 11.3. The third kappa shape index (κ3) is 5.97. The van der Waals surface area contributed by atoms with Crippen LogP contribution in [0.15, 0.2) is 60.7 Å². The van der Waals surface area contributed by atoms with Crippen LogP contribution in [0, 0.1) is 6.92 Å². The summed E-state index contributed by atoms with van der Waals surface area (Å²) in [5.41, 5.74) is 6.33. The minimum atomic E-state index is 0.111. The predicted octanol–water partition coefficient (Wildman–Crippen LogP) is 6.65. The minimum Gasteiger partial charge on any atom is -0.373 e. The number of ether oxygens (including phenoxy) is 1. The number of benzene rings is 2. The van der Waals surface area contributed by atoms with E-state index in [0.29, 0.717) is 6.54 Å². The molecule has 0 spiro atoms. The van der Waals surface area contributed by atoms with E-state index in [0.717, 1.165) is 58.3 Å². The number of aryl methyl sites for hydroxylation is 1. The number of hydrogen-bond donors (Lipinski definition) is 1. The van der Waals surface area contributed by atoms with Crippen LogP contribution < -0.4 is 5.32 Å². The molecule has 0 radical (unpaired) electrons. The smallest absolute Gasteiger partial charge is 0.145 e. The van der Waals surface area contributed by atoms with Crippen LogP contribution in [0.4, 0.5) is 11.5 Å². The lowest BCUT2D eigenvalue weighted by molar-refractivity contribution is -0.0710. The van der Waals surface area contributed by atoms with Crippen LogP contribution in [0.25, 0.3) is 22.2 Å². The standard InChI is InChI=1S/C31H37N5O/c1-20-8-7-9-27(32-20)23-10-15-26-28(16-23)34-29(19-36-17-21(2)37-22(3)18-36)35-30(26)33-25-13-11-24(12-14-25)31(4,5)6/h7-16,21-22H,17-19H2,1-6H3,(H,33,34,35)/t21-,22+. The summed E-state index contributed by atoms with van der Waals surface area (Å²) in [6.45, 7) is 15.4. The van der Waals surface area contributed by atoms with Gasteiger partial charge in [-0.3, -0.25) is 9.88 Å². The number of pyridine rings is 1. The van der Waals surface area contributed by atoms with Crippen molar-refractivity contribution in [1.29, 1.82) is 0 Å². The van der Waals surface area contributed by atoms with Crippen LogP contribution in [0.1, 0.15) is 51.7 Å². The van der Waals surface area contributed by atoms with Gasteiger partial charge in [0.25, 0.3) is 0 Å². The van der Waals surface area contributed by atoms with Gasteiger partial charge in [0, 0.05) is 35.4 Å². The SMILES string of the molecule is Cc1cccc(-c2ccc3c(Nc4ccc(C(C)(C)C)cc4)nc(CN4C[C@@H](C)O[C@@H](C)C4)nc3c2)n1. The third-order valence-corrected chi connectivity index (χ3v) is 6.80. The summed E-state index contributed by atoms with van der Waals surface area (Å²) in [4.78, 5) is 17.1. The number of morpholine rings is 1. The summed E-state index contributed by atoms with van der Waals surface area (Å²) in [6.07, 6.45) is 0.393. The Hall–Kier alpha value is -3.35. The topological polar surface area (TPSA) is 63.2 Å². The van der Waals surface area contributed by atoms with Crippen molar-refractivity contribution in [3.63, 3.8) is 0 Å². The van der Waals surface area contributed by atoms with Gasteiger partial charge < -0.3 is 10.1 Å². The largest absolute Gasteiger partial charge is 0.373 e. The Morgan fingerprint density at radius 3 is 2.32 bits per heavy atom. The molecule has 1 aliphatic rings. The fraction of sp³-hybridized carbons (Fsp3) is 0.387. The highest BCUT2D eigenvalue weighted by Crippen LogP contribution is 2.30. The van der Waals surface area contributed by atoms with Crippen LogP contribution >= 0.6 is 0 Å². The Labute approximate surface area is 220 Å². The number of fused-ring (bicyclic) bond motifs is 1. The Kier molecular flexibility index (Phi) is 6.97. The number of rotatable bonds is 5. The molecule has 6 heteroatoms. The van der Waals surface area contributed by atoms with E-state index in [2.05, 4.69) is 87.3 Å². The zero-order valence-corrected chi connectivity index (χ0v) is 22.7. The summed E-state index contributed by atoms with van der Waals surface area (Å²) in [7, 11) is 0. The van der Waals surface area contributed by atoms with Crippen LogP contribution in [-0.4, -0.2) is 45.1 Å². The van der Waals surface area contributed by atoms with E-state index in [1.54, 1.807) is 0 Å². The van der Waals surface area contributed by atoms with E-state index < -0.39 is 0 Å². The predicted molar refractivity (Wildman–Crippen MR) is 151 cm³/mol. The van der Waals surface area contributed by atoms with Crippen molar-refractivity contribution in [2.45, 2.75) is 65.7 Å². The molecule has 6 nitrogen and oxygen atoms in total. The summed E-state index contributed by atoms with van der Waals surface area (Å²) < 4.78 is 5.93. The first-order chi connectivity index (χ1) is 17.6. The fourth-order valence-electron chi connectivity index (χ4n) is 5.01. The number of anilines is 2. The molecule has 2 atom stereocenters. The van der Waals surface area contributed by atoms with Crippen LogP contribution in [-0.2, 0) is 16.7 Å². The molecule has 37 heavy (non-hydrogen) atoms. The molecule has 3 heterocycles. The Morgan fingerprint density at radius 2 is 1.65 bits per heavy atom. The molecule has 0 bridgehead atoms. The van der Waals surface area contributed by atoms with Gasteiger partial charge in [0.1, 0.15) is 11.6 Å². The molecule has 1 fully saturated rings. The maximum absolute atomic E-state index is 5.93. The normalized spacial score (nSPS) is 18.8. The minimum absolute atomic E-state index is 0.111. The Bertz CT molecular complexity index is 1380. The van der Waals surface area contributed by atoms with Gasteiger partial charge in [-0.25, -0.2) is 9.97 Å². The van der Waals surface area contributed by atoms with E-state index in [-0.39, 0.29) is 17.6 Å². The number of nitrogens with zero attached hydrogens (tertiary/aromatic N) is 4. The molecule has 2 aromatic heterocycles. The Balaban J connectivity index is 1.53. The van der Waals surface area contributed by atoms with Crippen molar-refractivity contribution in [3.8, 4) is 11.3 Å². The highest BCUT2D eigenvalue weighted by Gasteiger charge is 2.23. The summed E-state index contributed by atoms with van der Waals surface area (Å²) in [5.74, 6) is 1.62. The molecule has 1 N–H and O–H groups in total. The third-order valence-electron chi connectivity index (χ3n) is 6.80. The molecule has 4 aromatic rings. The zero-order chi connectivity index (χ0) is 26.2. The van der Waals surface area contributed by atoms with Crippen molar-refractivity contribution < 1.29 is 4.74 Å². The summed E-state index contributed by atoms with van der Waals surface area (Å²) in [6, 6.07) is 21.1. The van der Waals surface area contributed by atoms with Crippen LogP contribution in [0.5, 0.6) is 0 Å². The molecular weight excluding hydrogens is 458 g/mol. The van der Waals surface area contributed by atoms with Crippen molar-refractivity contribution in [3.05, 3.63) is 77.7 Å². The van der Waals surface area contributed by atoms with Gasteiger partial charge in [-0.15, -0.1) is 0 Å². The first kappa shape index (κ1) is 25.3. The van der Waals surface area contributed by atoms with Crippen LogP contribution in [0.2, 0.25) is 0 Å². The van der Waals surface area contributed by atoms with Gasteiger partial charge in [0.2, 0.25) is 0 Å². The molecule has 1 aliphatic heterocycles. The Morgan fingerprint density at radius 1 is 0.919 bits per heavy atom. The molecule has 2 aromatic carbocycles. The lowest BCUT2D eigenvalue weighted by atomic mass is 9.87. The first-order valence-electron chi connectivity index (χ1n) is 13.1. The second kappa shape index (κ2) is 10.2. The van der Waals surface area contributed by atoms with E-state index in [4.69, 9.17) is 19.7 Å². The molecule has 1 saturated heterocycles. The number of aromatic nitrogens is 3. The quantitative estimate of drug-likeness (QED) is 0.334. The van der Waals surface area contributed by atoms with E-state index in [9.17, 15) is 0 Å². The van der Waals surface area contributed by atoms with Crippen molar-refractivity contribution in [2.75, 3.05) is 18.4 Å². The lowest BCUT2D eigenvalue weighted by Crippen LogP contribution is -2.45. The maximum Gasteiger partial charge on any atom is 0.145 e. The van der Waals surface area contributed by atoms with Gasteiger partial charge in [-0.05, 0) is 68.1 Å². The van der Waals surface area contributed by atoms with Gasteiger partial charge in [0.15, 0.2) is 0 Å². The average molecular weight is 496 g/mol. The van der Waals surface area contributed by atoms with Gasteiger partial charge in [0.05, 0.1) is 30.0 Å². The molecule has 0 saturated carbocycles. The lowest BCUT2D eigenvalue weighted by Gasteiger charge is -2.34. The van der Waals surface area contributed by atoms with Crippen LogP contribution in [0.3, 0.4) is 0 Å². The van der Waals surface area contributed by atoms with Crippen molar-refractivity contribution >= 4 is 22.4 Å².